The number of halogens is 2. The summed E-state index contributed by atoms with van der Waals surface area (Å²) in [5.74, 6) is 1.76. The van der Waals surface area contributed by atoms with E-state index in [1.165, 1.54) is 0 Å². The number of aryl methyl sites for hydroxylation is 2. The molecule has 37 heavy (non-hydrogen) atoms. The number of nitrogens with zero attached hydrogens (tertiary/aromatic N) is 7. The Labute approximate surface area is 219 Å². The van der Waals surface area contributed by atoms with Crippen LogP contribution in [0, 0.1) is 6.92 Å². The molecule has 12 heteroatoms. The number of fused-ring (bicyclic) bond motifs is 1. The van der Waals surface area contributed by atoms with Crippen LogP contribution >= 0.6 is 11.6 Å². The first kappa shape index (κ1) is 25.4. The Morgan fingerprint density at radius 2 is 2.08 bits per heavy atom. The molecule has 4 aromatic rings. The first-order valence-corrected chi connectivity index (χ1v) is 12.6. The van der Waals surface area contributed by atoms with Gasteiger partial charge in [0.2, 0.25) is 0 Å². The summed E-state index contributed by atoms with van der Waals surface area (Å²) in [5.41, 5.74) is 9.29. The second-order valence-electron chi connectivity index (χ2n) is 9.24. The normalized spacial score (nSPS) is 18.2. The van der Waals surface area contributed by atoms with Gasteiger partial charge in [0.1, 0.15) is 35.3 Å². The average Bonchev–Trinajstić information content (AvgIpc) is 3.51. The number of nitrogens with two attached hydrogens (primary N) is 1. The number of hydrogen-bond acceptors (Lipinski definition) is 8. The van der Waals surface area contributed by atoms with Crippen molar-refractivity contribution in [2.24, 2.45) is 7.05 Å². The molecule has 0 amide bonds. The van der Waals surface area contributed by atoms with Gasteiger partial charge in [0.05, 0.1) is 24.9 Å². The van der Waals surface area contributed by atoms with Gasteiger partial charge in [-0.15, -0.1) is 0 Å². The molecule has 4 aromatic heterocycles. The van der Waals surface area contributed by atoms with Crippen LogP contribution in [-0.2, 0) is 18.2 Å². The smallest absolute Gasteiger partial charge is 0.165 e. The van der Waals surface area contributed by atoms with Gasteiger partial charge in [-0.05, 0) is 31.5 Å². The molecule has 1 saturated heterocycles. The monoisotopic (exact) mass is 528 g/mol. The molecule has 0 bridgehead atoms. The van der Waals surface area contributed by atoms with Crippen LogP contribution in [0.2, 0.25) is 5.15 Å². The van der Waals surface area contributed by atoms with Crippen molar-refractivity contribution in [3.05, 3.63) is 53.3 Å². The molecule has 5 rings (SSSR count). The maximum absolute atomic E-state index is 14.3. The van der Waals surface area contributed by atoms with Crippen molar-refractivity contribution < 1.29 is 13.9 Å². The maximum atomic E-state index is 14.3. The number of hydrogen-bond donors (Lipinski definition) is 1. The summed E-state index contributed by atoms with van der Waals surface area (Å²) < 4.78 is 29.8. The van der Waals surface area contributed by atoms with Gasteiger partial charge in [-0.2, -0.15) is 10.2 Å². The maximum Gasteiger partial charge on any atom is 0.165 e. The summed E-state index contributed by atoms with van der Waals surface area (Å²) in [6.07, 6.45) is 3.65. The predicted molar refractivity (Wildman–Crippen MR) is 138 cm³/mol. The second-order valence-corrected chi connectivity index (χ2v) is 9.63. The van der Waals surface area contributed by atoms with Crippen molar-refractivity contribution in [1.82, 2.24) is 34.3 Å². The van der Waals surface area contributed by atoms with Crippen LogP contribution in [0.4, 0.5) is 10.2 Å². The highest BCUT2D eigenvalue weighted by atomic mass is 35.5. The number of rotatable bonds is 10. The third kappa shape index (κ3) is 6.00. The Hall–Kier alpha value is -3.28. The summed E-state index contributed by atoms with van der Waals surface area (Å²) in [6.45, 7) is 4.17. The van der Waals surface area contributed by atoms with Crippen molar-refractivity contribution in [2.45, 2.75) is 32.0 Å². The molecule has 0 spiro atoms. The van der Waals surface area contributed by atoms with Crippen LogP contribution in [0.25, 0.3) is 16.8 Å². The molecule has 2 atom stereocenters. The summed E-state index contributed by atoms with van der Waals surface area (Å²) in [5, 5.41) is 9.03. The number of likely N-dealkylation sites (tertiary alicyclic amines) is 1. The van der Waals surface area contributed by atoms with Crippen LogP contribution in [0.5, 0.6) is 5.75 Å². The molecule has 2 N–H and O–H groups in total. The fourth-order valence-corrected chi connectivity index (χ4v) is 4.97. The van der Waals surface area contributed by atoms with Gasteiger partial charge in [0.25, 0.3) is 0 Å². The van der Waals surface area contributed by atoms with E-state index in [1.807, 2.05) is 38.4 Å². The van der Waals surface area contributed by atoms with E-state index in [9.17, 15) is 4.39 Å². The Morgan fingerprint density at radius 3 is 2.92 bits per heavy atom. The molecule has 0 aliphatic carbocycles. The van der Waals surface area contributed by atoms with Gasteiger partial charge in [-0.25, -0.2) is 18.9 Å². The highest BCUT2D eigenvalue weighted by molar-refractivity contribution is 6.29. The van der Waals surface area contributed by atoms with Crippen molar-refractivity contribution >= 4 is 22.9 Å². The quantitative estimate of drug-likeness (QED) is 0.247. The molecule has 0 radical (unpaired) electrons. The highest BCUT2D eigenvalue weighted by Crippen LogP contribution is 2.31. The summed E-state index contributed by atoms with van der Waals surface area (Å²) in [6, 6.07) is 7.40. The van der Waals surface area contributed by atoms with Crippen LogP contribution in [0.1, 0.15) is 17.9 Å². The standard InChI is InChI=1S/C25H30ClFN8O2/c1-16-9-22(26)31-24(30-16)4-7-36-8-6-34-14-18(27)11-20(34)15-37-21-13-29-33(2)25(21)17-3-5-35-19(10-17)12-23(28)32-35/h3,5,9-10,12-13,18,20H,4,6-8,11,14-15H2,1-2H3,(H2,28,32)/t18-,20-/m1/s1. The van der Waals surface area contributed by atoms with E-state index < -0.39 is 6.17 Å². The van der Waals surface area contributed by atoms with Gasteiger partial charge >= 0.3 is 0 Å². The number of aromatic nitrogens is 6. The molecular weight excluding hydrogens is 499 g/mol. The largest absolute Gasteiger partial charge is 0.488 e. The summed E-state index contributed by atoms with van der Waals surface area (Å²) >= 11 is 5.99. The van der Waals surface area contributed by atoms with Gasteiger partial charge in [0.15, 0.2) is 5.75 Å². The molecule has 196 valence electrons. The zero-order valence-electron chi connectivity index (χ0n) is 20.8. The molecule has 0 aromatic carbocycles. The van der Waals surface area contributed by atoms with Gasteiger partial charge in [-0.3, -0.25) is 9.58 Å². The minimum Gasteiger partial charge on any atom is -0.488 e. The van der Waals surface area contributed by atoms with Crippen LogP contribution in [-0.4, -0.2) is 79.4 Å². The number of alkyl halides is 1. The van der Waals surface area contributed by atoms with E-state index in [2.05, 4.69) is 25.1 Å². The Kier molecular flexibility index (Phi) is 7.54. The zero-order chi connectivity index (χ0) is 25.9. The lowest BCUT2D eigenvalue weighted by molar-refractivity contribution is 0.0886. The van der Waals surface area contributed by atoms with E-state index in [4.69, 9.17) is 26.8 Å². The third-order valence-corrected chi connectivity index (χ3v) is 6.62. The van der Waals surface area contributed by atoms with Crippen LogP contribution < -0.4 is 10.5 Å². The number of pyridine rings is 1. The number of anilines is 1. The highest BCUT2D eigenvalue weighted by Gasteiger charge is 2.32. The predicted octanol–water partition coefficient (Wildman–Crippen LogP) is 3.12. The Balaban J connectivity index is 1.16. The Bertz CT molecular complexity index is 1360. The SMILES string of the molecule is Cc1cc(Cl)nc(CCOCCN2C[C@H](F)C[C@@H]2COc2cnn(C)c2-c2ccn3nc(N)cc3c2)n1. The van der Waals surface area contributed by atoms with E-state index in [0.29, 0.717) is 68.3 Å². The van der Waals surface area contributed by atoms with Crippen LogP contribution in [0.15, 0.2) is 36.7 Å². The topological polar surface area (TPSA) is 109 Å². The zero-order valence-corrected chi connectivity index (χ0v) is 21.6. The van der Waals surface area contributed by atoms with E-state index >= 15 is 0 Å². The first-order chi connectivity index (χ1) is 17.9. The fourth-order valence-electron chi connectivity index (χ4n) is 4.72. The summed E-state index contributed by atoms with van der Waals surface area (Å²) in [4.78, 5) is 10.7. The molecule has 1 aliphatic rings. The molecule has 10 nitrogen and oxygen atoms in total. The summed E-state index contributed by atoms with van der Waals surface area (Å²) in [7, 11) is 1.86. The number of ether oxygens (including phenoxy) is 2. The third-order valence-electron chi connectivity index (χ3n) is 6.43. The van der Waals surface area contributed by atoms with Crippen molar-refractivity contribution in [3.63, 3.8) is 0 Å². The number of nitrogen functional groups attached to an aromatic ring is 1. The molecule has 1 fully saturated rings. The molecule has 0 saturated carbocycles. The fraction of sp³-hybridized carbons (Fsp3) is 0.440. The molecule has 1 aliphatic heterocycles. The van der Waals surface area contributed by atoms with Crippen molar-refractivity contribution in [3.8, 4) is 17.0 Å². The minimum atomic E-state index is -0.889. The van der Waals surface area contributed by atoms with Gasteiger partial charge in [-0.1, -0.05) is 11.6 Å². The van der Waals surface area contributed by atoms with Gasteiger partial charge in [0, 0.05) is 56.1 Å². The molecular formula is C25H30ClFN8O2. The lowest BCUT2D eigenvalue weighted by Crippen LogP contribution is -2.36. The van der Waals surface area contributed by atoms with Crippen LogP contribution in [0.3, 0.4) is 0 Å². The molecule has 5 heterocycles. The van der Waals surface area contributed by atoms with Crippen molar-refractivity contribution in [2.75, 3.05) is 38.6 Å². The van der Waals surface area contributed by atoms with Gasteiger partial charge < -0.3 is 15.2 Å². The minimum absolute atomic E-state index is 0.0531. The second kappa shape index (κ2) is 11.0. The lowest BCUT2D eigenvalue weighted by Gasteiger charge is -2.24. The van der Waals surface area contributed by atoms with E-state index in [0.717, 1.165) is 22.5 Å². The van der Waals surface area contributed by atoms with Crippen molar-refractivity contribution in [1.29, 1.82) is 0 Å². The first-order valence-electron chi connectivity index (χ1n) is 12.2. The average molecular weight is 529 g/mol. The lowest BCUT2D eigenvalue weighted by atomic mass is 10.1. The Morgan fingerprint density at radius 1 is 1.22 bits per heavy atom. The molecule has 0 unspecified atom stereocenters. The van der Waals surface area contributed by atoms with E-state index in [-0.39, 0.29) is 6.04 Å². The van der Waals surface area contributed by atoms with E-state index in [1.54, 1.807) is 21.5 Å².